The summed E-state index contributed by atoms with van der Waals surface area (Å²) in [6.45, 7) is 1.93. The molecule has 4 nitrogen and oxygen atoms in total. The summed E-state index contributed by atoms with van der Waals surface area (Å²) in [7, 11) is 1.62. The molecule has 0 aromatic heterocycles. The second-order valence-corrected chi connectivity index (χ2v) is 5.63. The van der Waals surface area contributed by atoms with Gasteiger partial charge >= 0.3 is 0 Å². The fourth-order valence-corrected chi connectivity index (χ4v) is 2.38. The van der Waals surface area contributed by atoms with Crippen LogP contribution in [0.4, 0.5) is 5.69 Å². The molecule has 2 aromatic carbocycles. The minimum atomic E-state index is -0.587. The molecule has 0 saturated heterocycles. The number of benzene rings is 2. The van der Waals surface area contributed by atoms with E-state index in [-0.39, 0.29) is 0 Å². The van der Waals surface area contributed by atoms with Gasteiger partial charge in [0.15, 0.2) is 0 Å². The van der Waals surface area contributed by atoms with Crippen molar-refractivity contribution in [2.45, 2.75) is 13.0 Å². The minimum Gasteiger partial charge on any atom is -0.496 e. The molecule has 1 amide bonds. The molecule has 0 spiro atoms. The molecule has 1 atom stereocenters. The zero-order valence-corrected chi connectivity index (χ0v) is 13.5. The van der Waals surface area contributed by atoms with Crippen LogP contribution < -0.4 is 15.8 Å². The van der Waals surface area contributed by atoms with Gasteiger partial charge in [-0.2, -0.15) is 0 Å². The molecular weight excluding hydrogens is 332 g/mol. The highest BCUT2D eigenvalue weighted by molar-refractivity contribution is 9.10. The van der Waals surface area contributed by atoms with Crippen molar-refractivity contribution in [2.75, 3.05) is 12.4 Å². The van der Waals surface area contributed by atoms with E-state index >= 15 is 0 Å². The SMILES string of the molecule is COc1ccc(C(Nc2ccc(Br)cc2)C(N)=O)cc1C. The molecule has 21 heavy (non-hydrogen) atoms. The Morgan fingerprint density at radius 3 is 2.43 bits per heavy atom. The van der Waals surface area contributed by atoms with E-state index in [1.165, 1.54) is 0 Å². The van der Waals surface area contributed by atoms with Gasteiger partial charge in [0.25, 0.3) is 0 Å². The fraction of sp³-hybridized carbons (Fsp3) is 0.188. The van der Waals surface area contributed by atoms with Crippen molar-refractivity contribution in [1.82, 2.24) is 0 Å². The van der Waals surface area contributed by atoms with Crippen LogP contribution in [-0.4, -0.2) is 13.0 Å². The lowest BCUT2D eigenvalue weighted by atomic mass is 10.0. The molecule has 2 aromatic rings. The molecule has 3 N–H and O–H groups in total. The number of hydrogen-bond donors (Lipinski definition) is 2. The molecule has 0 bridgehead atoms. The van der Waals surface area contributed by atoms with Gasteiger partial charge in [-0.3, -0.25) is 4.79 Å². The Kier molecular flexibility index (Phi) is 4.85. The summed E-state index contributed by atoms with van der Waals surface area (Å²) in [5.74, 6) is 0.355. The highest BCUT2D eigenvalue weighted by Crippen LogP contribution is 2.25. The number of hydrogen-bond acceptors (Lipinski definition) is 3. The number of ether oxygens (including phenoxy) is 1. The van der Waals surface area contributed by atoms with Crippen LogP contribution in [0.2, 0.25) is 0 Å². The predicted octanol–water partition coefficient (Wildman–Crippen LogP) is 3.40. The Bertz CT molecular complexity index is 641. The van der Waals surface area contributed by atoms with Crippen LogP contribution >= 0.6 is 15.9 Å². The Morgan fingerprint density at radius 2 is 1.90 bits per heavy atom. The van der Waals surface area contributed by atoms with Crippen molar-refractivity contribution in [3.8, 4) is 5.75 Å². The molecule has 2 rings (SSSR count). The second kappa shape index (κ2) is 6.63. The fourth-order valence-electron chi connectivity index (χ4n) is 2.11. The molecule has 0 radical (unpaired) electrons. The minimum absolute atomic E-state index is 0.428. The van der Waals surface area contributed by atoms with Crippen LogP contribution in [-0.2, 0) is 4.79 Å². The first-order valence-corrected chi connectivity index (χ1v) is 7.26. The van der Waals surface area contributed by atoms with E-state index in [0.717, 1.165) is 27.0 Å². The number of anilines is 1. The van der Waals surface area contributed by atoms with Crippen LogP contribution in [0.25, 0.3) is 0 Å². The Balaban J connectivity index is 2.28. The summed E-state index contributed by atoms with van der Waals surface area (Å²) in [5, 5.41) is 3.15. The molecule has 0 heterocycles. The maximum absolute atomic E-state index is 11.8. The van der Waals surface area contributed by atoms with Crippen molar-refractivity contribution < 1.29 is 9.53 Å². The van der Waals surface area contributed by atoms with Gasteiger partial charge in [0.05, 0.1) is 7.11 Å². The van der Waals surface area contributed by atoms with E-state index < -0.39 is 11.9 Å². The van der Waals surface area contributed by atoms with Gasteiger partial charge in [0.2, 0.25) is 5.91 Å². The quantitative estimate of drug-likeness (QED) is 0.870. The number of amides is 1. The number of nitrogens with one attached hydrogen (secondary N) is 1. The van der Waals surface area contributed by atoms with E-state index in [0.29, 0.717) is 0 Å². The topological polar surface area (TPSA) is 64.3 Å². The van der Waals surface area contributed by atoms with Crippen molar-refractivity contribution in [1.29, 1.82) is 0 Å². The number of primary amides is 1. The van der Waals surface area contributed by atoms with Gasteiger partial charge in [-0.1, -0.05) is 22.0 Å². The molecule has 0 aliphatic carbocycles. The standard InChI is InChI=1S/C16H17BrN2O2/c1-10-9-11(3-8-14(10)21-2)15(16(18)20)19-13-6-4-12(17)5-7-13/h3-9,15,19H,1-2H3,(H2,18,20). The number of nitrogens with two attached hydrogens (primary N) is 1. The van der Waals surface area contributed by atoms with Gasteiger partial charge < -0.3 is 15.8 Å². The Hall–Kier alpha value is -2.01. The highest BCUT2D eigenvalue weighted by atomic mass is 79.9. The second-order valence-electron chi connectivity index (χ2n) is 4.72. The van der Waals surface area contributed by atoms with E-state index in [1.54, 1.807) is 7.11 Å². The van der Waals surface area contributed by atoms with E-state index in [9.17, 15) is 4.79 Å². The first-order valence-electron chi connectivity index (χ1n) is 6.47. The van der Waals surface area contributed by atoms with Gasteiger partial charge in [0.1, 0.15) is 11.8 Å². The highest BCUT2D eigenvalue weighted by Gasteiger charge is 2.18. The maximum atomic E-state index is 11.8. The van der Waals surface area contributed by atoms with Crippen LogP contribution in [0.15, 0.2) is 46.9 Å². The summed E-state index contributed by atoms with van der Waals surface area (Å²) in [6.07, 6.45) is 0. The number of halogens is 1. The van der Waals surface area contributed by atoms with Gasteiger partial charge in [0, 0.05) is 10.2 Å². The molecule has 0 saturated carbocycles. The van der Waals surface area contributed by atoms with Gasteiger partial charge in [-0.05, 0) is 54.4 Å². The predicted molar refractivity (Wildman–Crippen MR) is 87.4 cm³/mol. The average molecular weight is 349 g/mol. The van der Waals surface area contributed by atoms with E-state index in [4.69, 9.17) is 10.5 Å². The van der Waals surface area contributed by atoms with Crippen LogP contribution in [0, 0.1) is 6.92 Å². The number of rotatable bonds is 5. The number of carbonyl (C=O) groups excluding carboxylic acids is 1. The normalized spacial score (nSPS) is 11.8. The van der Waals surface area contributed by atoms with Crippen molar-refractivity contribution in [2.24, 2.45) is 5.73 Å². The lowest BCUT2D eigenvalue weighted by Crippen LogP contribution is -2.27. The number of methoxy groups -OCH3 is 1. The number of aryl methyl sites for hydroxylation is 1. The third-order valence-corrected chi connectivity index (χ3v) is 3.72. The van der Waals surface area contributed by atoms with E-state index in [1.807, 2.05) is 49.4 Å². The number of carbonyl (C=O) groups is 1. The average Bonchev–Trinajstić information content (AvgIpc) is 2.46. The van der Waals surface area contributed by atoms with Crippen molar-refractivity contribution in [3.05, 3.63) is 58.1 Å². The summed E-state index contributed by atoms with van der Waals surface area (Å²) >= 11 is 3.38. The lowest BCUT2D eigenvalue weighted by molar-refractivity contribution is -0.118. The Labute approximate surface area is 132 Å². The van der Waals surface area contributed by atoms with Gasteiger partial charge in [-0.15, -0.1) is 0 Å². The van der Waals surface area contributed by atoms with Crippen molar-refractivity contribution in [3.63, 3.8) is 0 Å². The molecule has 0 aliphatic heterocycles. The van der Waals surface area contributed by atoms with Crippen molar-refractivity contribution >= 4 is 27.5 Å². The third kappa shape index (κ3) is 3.76. The summed E-state index contributed by atoms with van der Waals surface area (Å²) < 4.78 is 6.21. The molecule has 110 valence electrons. The monoisotopic (exact) mass is 348 g/mol. The summed E-state index contributed by atoms with van der Waals surface area (Å²) in [5.41, 5.74) is 8.12. The molecule has 0 aliphatic rings. The largest absolute Gasteiger partial charge is 0.496 e. The first-order chi connectivity index (χ1) is 10.0. The zero-order chi connectivity index (χ0) is 15.4. The Morgan fingerprint density at radius 1 is 1.24 bits per heavy atom. The summed E-state index contributed by atoms with van der Waals surface area (Å²) in [6, 6.07) is 12.6. The smallest absolute Gasteiger partial charge is 0.244 e. The zero-order valence-electron chi connectivity index (χ0n) is 11.9. The first kappa shape index (κ1) is 15.4. The molecule has 1 unspecified atom stereocenters. The van der Waals surface area contributed by atoms with Crippen LogP contribution in [0.1, 0.15) is 17.2 Å². The molecule has 5 heteroatoms. The summed E-state index contributed by atoms with van der Waals surface area (Å²) in [4.78, 5) is 11.8. The molecule has 0 fully saturated rings. The third-order valence-electron chi connectivity index (χ3n) is 3.19. The van der Waals surface area contributed by atoms with Crippen LogP contribution in [0.3, 0.4) is 0 Å². The van der Waals surface area contributed by atoms with Gasteiger partial charge in [-0.25, -0.2) is 0 Å². The maximum Gasteiger partial charge on any atom is 0.244 e. The lowest BCUT2D eigenvalue weighted by Gasteiger charge is -2.18. The molecular formula is C16H17BrN2O2. The van der Waals surface area contributed by atoms with Crippen LogP contribution in [0.5, 0.6) is 5.75 Å². The van der Waals surface area contributed by atoms with E-state index in [2.05, 4.69) is 21.2 Å².